The standard InChI is InChI=1S/C17H21ClN2O6/c1-19(2)16(22)9-26-17(23)10-5-15(21)20(8-10)12-6-11(18)13(24-3)7-14(12)25-4/h6-7,10H,5,8-9H2,1-4H3/t10-/m1/s1. The molecule has 0 unspecified atom stereocenters. The first-order valence-corrected chi connectivity index (χ1v) is 8.25. The van der Waals surface area contributed by atoms with Crippen molar-refractivity contribution in [2.75, 3.05) is 46.4 Å². The summed E-state index contributed by atoms with van der Waals surface area (Å²) in [5.74, 6) is -1.03. The highest BCUT2D eigenvalue weighted by Gasteiger charge is 2.37. The van der Waals surface area contributed by atoms with Crippen LogP contribution in [0.15, 0.2) is 12.1 Å². The number of ether oxygens (including phenoxy) is 3. The van der Waals surface area contributed by atoms with Crippen LogP contribution in [0.25, 0.3) is 0 Å². The average molecular weight is 385 g/mol. The molecule has 2 rings (SSSR count). The molecule has 1 aliphatic heterocycles. The molecule has 0 aliphatic carbocycles. The lowest BCUT2D eigenvalue weighted by molar-refractivity contribution is -0.154. The Bertz CT molecular complexity index is 721. The van der Waals surface area contributed by atoms with Crippen molar-refractivity contribution in [3.05, 3.63) is 17.2 Å². The van der Waals surface area contributed by atoms with Crippen LogP contribution in [-0.4, -0.2) is 64.2 Å². The van der Waals surface area contributed by atoms with Gasteiger partial charge in [0.1, 0.15) is 11.5 Å². The number of benzene rings is 1. The number of anilines is 1. The number of hydrogen-bond donors (Lipinski definition) is 0. The minimum atomic E-state index is -0.664. The van der Waals surface area contributed by atoms with E-state index in [1.165, 1.54) is 24.0 Å². The summed E-state index contributed by atoms with van der Waals surface area (Å²) in [6, 6.07) is 3.13. The molecule has 2 amide bonds. The first-order valence-electron chi connectivity index (χ1n) is 7.87. The summed E-state index contributed by atoms with van der Waals surface area (Å²) in [5.41, 5.74) is 0.447. The molecule has 0 bridgehead atoms. The summed E-state index contributed by atoms with van der Waals surface area (Å²) >= 11 is 6.15. The van der Waals surface area contributed by atoms with Gasteiger partial charge >= 0.3 is 5.97 Å². The van der Waals surface area contributed by atoms with Crippen molar-refractivity contribution >= 4 is 35.1 Å². The Morgan fingerprint density at radius 2 is 1.88 bits per heavy atom. The summed E-state index contributed by atoms with van der Waals surface area (Å²) in [6.07, 6.45) is -0.0121. The molecule has 1 atom stereocenters. The van der Waals surface area contributed by atoms with Crippen LogP contribution in [0.5, 0.6) is 11.5 Å². The maximum atomic E-state index is 12.4. The van der Waals surface area contributed by atoms with E-state index in [1.807, 2.05) is 0 Å². The first-order chi connectivity index (χ1) is 12.3. The highest BCUT2D eigenvalue weighted by molar-refractivity contribution is 6.32. The molecule has 0 saturated carbocycles. The van der Waals surface area contributed by atoms with E-state index < -0.39 is 11.9 Å². The van der Waals surface area contributed by atoms with E-state index >= 15 is 0 Å². The van der Waals surface area contributed by atoms with Gasteiger partial charge in [-0.1, -0.05) is 11.6 Å². The van der Waals surface area contributed by atoms with Crippen molar-refractivity contribution < 1.29 is 28.6 Å². The minimum Gasteiger partial charge on any atom is -0.495 e. The van der Waals surface area contributed by atoms with Crippen LogP contribution in [0, 0.1) is 5.92 Å². The predicted octanol–water partition coefficient (Wildman–Crippen LogP) is 1.34. The smallest absolute Gasteiger partial charge is 0.311 e. The Labute approximate surface area is 156 Å². The molecular formula is C17H21ClN2O6. The van der Waals surface area contributed by atoms with E-state index in [0.29, 0.717) is 22.2 Å². The zero-order valence-electron chi connectivity index (χ0n) is 15.1. The number of halogens is 1. The zero-order valence-corrected chi connectivity index (χ0v) is 15.8. The third-order valence-electron chi connectivity index (χ3n) is 4.04. The molecule has 1 aromatic rings. The van der Waals surface area contributed by atoms with Crippen molar-refractivity contribution in [3.8, 4) is 11.5 Å². The number of esters is 1. The first kappa shape index (κ1) is 19.8. The number of hydrogen-bond acceptors (Lipinski definition) is 6. The lowest BCUT2D eigenvalue weighted by Crippen LogP contribution is -2.30. The molecule has 0 spiro atoms. The van der Waals surface area contributed by atoms with Crippen LogP contribution in [0.1, 0.15) is 6.42 Å². The van der Waals surface area contributed by atoms with Gasteiger partial charge in [0.2, 0.25) is 5.91 Å². The van der Waals surface area contributed by atoms with E-state index in [-0.39, 0.29) is 31.4 Å². The van der Waals surface area contributed by atoms with Gasteiger partial charge in [0, 0.05) is 33.1 Å². The summed E-state index contributed by atoms with van der Waals surface area (Å²) < 4.78 is 15.5. The molecule has 9 heteroatoms. The largest absolute Gasteiger partial charge is 0.495 e. The maximum absolute atomic E-state index is 12.4. The van der Waals surface area contributed by atoms with Crippen molar-refractivity contribution in [2.45, 2.75) is 6.42 Å². The molecule has 1 aromatic carbocycles. The fraction of sp³-hybridized carbons (Fsp3) is 0.471. The normalized spacial score (nSPS) is 16.4. The molecule has 8 nitrogen and oxygen atoms in total. The lowest BCUT2D eigenvalue weighted by Gasteiger charge is -2.20. The van der Waals surface area contributed by atoms with Crippen molar-refractivity contribution in [3.63, 3.8) is 0 Å². The summed E-state index contributed by atoms with van der Waals surface area (Å²) in [4.78, 5) is 38.8. The van der Waals surface area contributed by atoms with Gasteiger partial charge in [-0.25, -0.2) is 0 Å². The number of carbonyl (C=O) groups excluding carboxylic acids is 3. The fourth-order valence-corrected chi connectivity index (χ4v) is 2.77. The van der Waals surface area contributed by atoms with Crippen LogP contribution >= 0.6 is 11.6 Å². The van der Waals surface area contributed by atoms with Crippen LogP contribution in [0.4, 0.5) is 5.69 Å². The fourth-order valence-electron chi connectivity index (χ4n) is 2.53. The number of methoxy groups -OCH3 is 2. The molecule has 1 aliphatic rings. The van der Waals surface area contributed by atoms with Gasteiger partial charge in [0.05, 0.1) is 30.8 Å². The maximum Gasteiger partial charge on any atom is 0.311 e. The Balaban J connectivity index is 2.14. The predicted molar refractivity (Wildman–Crippen MR) is 94.7 cm³/mol. The topological polar surface area (TPSA) is 85.4 Å². The molecule has 0 radical (unpaired) electrons. The van der Waals surface area contributed by atoms with E-state index in [1.54, 1.807) is 26.2 Å². The number of amides is 2. The van der Waals surface area contributed by atoms with Gasteiger partial charge in [-0.05, 0) is 6.07 Å². The van der Waals surface area contributed by atoms with Crippen LogP contribution in [0.2, 0.25) is 5.02 Å². The Hall–Kier alpha value is -2.48. The van der Waals surface area contributed by atoms with Crippen LogP contribution in [0.3, 0.4) is 0 Å². The number of carbonyl (C=O) groups is 3. The zero-order chi connectivity index (χ0) is 19.4. The van der Waals surface area contributed by atoms with Gasteiger partial charge in [0.25, 0.3) is 5.91 Å². The minimum absolute atomic E-state index is 0.0121. The second-order valence-electron chi connectivity index (χ2n) is 5.96. The molecule has 142 valence electrons. The van der Waals surface area contributed by atoms with Gasteiger partial charge in [-0.2, -0.15) is 0 Å². The van der Waals surface area contributed by atoms with E-state index in [0.717, 1.165) is 0 Å². The Morgan fingerprint density at radius 1 is 1.23 bits per heavy atom. The summed E-state index contributed by atoms with van der Waals surface area (Å²) in [5, 5.41) is 0.318. The summed E-state index contributed by atoms with van der Waals surface area (Å²) in [7, 11) is 6.07. The Kier molecular flexibility index (Phi) is 6.31. The monoisotopic (exact) mass is 384 g/mol. The third kappa shape index (κ3) is 4.19. The lowest BCUT2D eigenvalue weighted by atomic mass is 10.1. The molecule has 1 heterocycles. The highest BCUT2D eigenvalue weighted by Crippen LogP contribution is 2.40. The third-order valence-corrected chi connectivity index (χ3v) is 4.33. The quantitative estimate of drug-likeness (QED) is 0.688. The summed E-state index contributed by atoms with van der Waals surface area (Å²) in [6.45, 7) is -0.235. The second kappa shape index (κ2) is 8.27. The van der Waals surface area contributed by atoms with E-state index in [9.17, 15) is 14.4 Å². The SMILES string of the molecule is COc1cc(OC)c(N2C[C@H](C(=O)OCC(=O)N(C)C)CC2=O)cc1Cl. The molecule has 1 saturated heterocycles. The number of rotatable bonds is 6. The second-order valence-corrected chi connectivity index (χ2v) is 6.37. The van der Waals surface area contributed by atoms with E-state index in [4.69, 9.17) is 25.8 Å². The number of likely N-dealkylation sites (N-methyl/N-ethyl adjacent to an activating group) is 1. The van der Waals surface area contributed by atoms with Crippen LogP contribution in [-0.2, 0) is 19.1 Å². The molecular weight excluding hydrogens is 364 g/mol. The van der Waals surface area contributed by atoms with Gasteiger partial charge in [-0.15, -0.1) is 0 Å². The van der Waals surface area contributed by atoms with Gasteiger partial charge in [-0.3, -0.25) is 14.4 Å². The molecule has 0 aromatic heterocycles. The molecule has 1 fully saturated rings. The van der Waals surface area contributed by atoms with E-state index in [2.05, 4.69) is 0 Å². The van der Waals surface area contributed by atoms with Crippen molar-refractivity contribution in [1.29, 1.82) is 0 Å². The Morgan fingerprint density at radius 3 is 2.46 bits per heavy atom. The van der Waals surface area contributed by atoms with Gasteiger partial charge in [0.15, 0.2) is 6.61 Å². The van der Waals surface area contributed by atoms with Crippen molar-refractivity contribution in [2.24, 2.45) is 5.92 Å². The average Bonchev–Trinajstić information content (AvgIpc) is 3.00. The van der Waals surface area contributed by atoms with Crippen molar-refractivity contribution in [1.82, 2.24) is 4.90 Å². The molecule has 26 heavy (non-hydrogen) atoms. The van der Waals surface area contributed by atoms with Crippen LogP contribution < -0.4 is 14.4 Å². The highest BCUT2D eigenvalue weighted by atomic mass is 35.5. The van der Waals surface area contributed by atoms with Gasteiger partial charge < -0.3 is 24.0 Å². The number of nitrogens with zero attached hydrogens (tertiary/aromatic N) is 2. The molecule has 0 N–H and O–H groups in total.